The highest BCUT2D eigenvalue weighted by molar-refractivity contribution is 9.10. The van der Waals surface area contributed by atoms with Gasteiger partial charge in [0.05, 0.1) is 12.2 Å². The molecular weight excluding hydrogens is 366 g/mol. The topological polar surface area (TPSA) is 38.3 Å². The van der Waals surface area contributed by atoms with Gasteiger partial charge in [-0.2, -0.15) is 0 Å². The molecule has 0 saturated heterocycles. The van der Waals surface area contributed by atoms with E-state index in [1.54, 1.807) is 19.1 Å². The van der Waals surface area contributed by atoms with E-state index in [2.05, 4.69) is 33.4 Å². The highest BCUT2D eigenvalue weighted by Gasteiger charge is 2.05. The van der Waals surface area contributed by atoms with E-state index in [0.29, 0.717) is 12.2 Å². The zero-order valence-electron chi connectivity index (χ0n) is 12.3. The maximum atomic E-state index is 11.5. The quantitative estimate of drug-likeness (QED) is 0.753. The van der Waals surface area contributed by atoms with Gasteiger partial charge in [0, 0.05) is 17.6 Å². The highest BCUT2D eigenvalue weighted by Crippen LogP contribution is 2.11. The van der Waals surface area contributed by atoms with Gasteiger partial charge < -0.3 is 10.1 Å². The van der Waals surface area contributed by atoms with Crippen LogP contribution in [0.15, 0.2) is 53.0 Å². The second kappa shape index (κ2) is 9.62. The average molecular weight is 385 g/mol. The summed E-state index contributed by atoms with van der Waals surface area (Å²) in [4.78, 5) is 11.5. The van der Waals surface area contributed by atoms with Crippen molar-refractivity contribution in [1.29, 1.82) is 0 Å². The smallest absolute Gasteiger partial charge is 0.338 e. The van der Waals surface area contributed by atoms with Gasteiger partial charge in [-0.05, 0) is 42.3 Å². The second-order valence-corrected chi connectivity index (χ2v) is 5.56. The second-order valence-electron chi connectivity index (χ2n) is 4.65. The van der Waals surface area contributed by atoms with Crippen molar-refractivity contribution in [2.45, 2.75) is 20.0 Å². The van der Waals surface area contributed by atoms with Gasteiger partial charge >= 0.3 is 5.97 Å². The first-order chi connectivity index (χ1) is 10.2. The summed E-state index contributed by atoms with van der Waals surface area (Å²) in [5.74, 6) is -0.271. The molecule has 0 heterocycles. The molecule has 0 atom stereocenters. The van der Waals surface area contributed by atoms with Gasteiger partial charge in [0.2, 0.25) is 0 Å². The Bertz CT molecular complexity index is 585. The van der Waals surface area contributed by atoms with E-state index in [4.69, 9.17) is 4.74 Å². The Hall–Kier alpha value is -1.36. The number of benzene rings is 2. The molecule has 0 aromatic heterocycles. The molecule has 1 N–H and O–H groups in total. The van der Waals surface area contributed by atoms with Gasteiger partial charge in [-0.15, -0.1) is 12.4 Å². The third kappa shape index (κ3) is 5.79. The number of halogens is 2. The molecule has 0 aliphatic heterocycles. The molecule has 0 bridgehead atoms. The van der Waals surface area contributed by atoms with E-state index < -0.39 is 0 Å². The van der Waals surface area contributed by atoms with Crippen molar-refractivity contribution < 1.29 is 9.53 Å². The van der Waals surface area contributed by atoms with E-state index in [1.807, 2.05) is 24.3 Å². The third-order valence-corrected chi connectivity index (χ3v) is 3.57. The van der Waals surface area contributed by atoms with Crippen molar-refractivity contribution in [1.82, 2.24) is 5.32 Å². The molecule has 0 spiro atoms. The predicted octanol–water partition coefficient (Wildman–Crippen LogP) is 4.34. The zero-order chi connectivity index (χ0) is 15.1. The van der Waals surface area contributed by atoms with Gasteiger partial charge in [-0.3, -0.25) is 0 Å². The Morgan fingerprint density at radius 3 is 2.00 bits per heavy atom. The summed E-state index contributed by atoms with van der Waals surface area (Å²) in [6, 6.07) is 15.7. The summed E-state index contributed by atoms with van der Waals surface area (Å²) >= 11 is 3.42. The summed E-state index contributed by atoms with van der Waals surface area (Å²) in [6.07, 6.45) is 0. The highest BCUT2D eigenvalue weighted by atomic mass is 79.9. The molecule has 0 aliphatic rings. The van der Waals surface area contributed by atoms with E-state index >= 15 is 0 Å². The summed E-state index contributed by atoms with van der Waals surface area (Å²) < 4.78 is 6.04. The van der Waals surface area contributed by atoms with Crippen LogP contribution in [-0.4, -0.2) is 12.6 Å². The Balaban J connectivity index is 0.00000242. The van der Waals surface area contributed by atoms with Crippen molar-refractivity contribution >= 4 is 34.3 Å². The van der Waals surface area contributed by atoms with E-state index in [-0.39, 0.29) is 18.4 Å². The van der Waals surface area contributed by atoms with Crippen LogP contribution in [-0.2, 0) is 17.8 Å². The predicted molar refractivity (Wildman–Crippen MR) is 94.3 cm³/mol. The summed E-state index contributed by atoms with van der Waals surface area (Å²) in [5, 5.41) is 3.38. The Morgan fingerprint density at radius 1 is 1.00 bits per heavy atom. The first-order valence-electron chi connectivity index (χ1n) is 6.90. The van der Waals surface area contributed by atoms with Gasteiger partial charge in [-0.25, -0.2) is 4.79 Å². The Morgan fingerprint density at radius 2 is 1.50 bits per heavy atom. The summed E-state index contributed by atoms with van der Waals surface area (Å²) in [5.41, 5.74) is 2.97. The molecule has 0 aliphatic carbocycles. The first-order valence-corrected chi connectivity index (χ1v) is 7.69. The maximum Gasteiger partial charge on any atom is 0.338 e. The number of carbonyl (C=O) groups is 1. The molecule has 0 unspecified atom stereocenters. The van der Waals surface area contributed by atoms with Crippen LogP contribution in [0.2, 0.25) is 0 Å². The van der Waals surface area contributed by atoms with Crippen LogP contribution in [0.5, 0.6) is 0 Å². The minimum absolute atomic E-state index is 0. The van der Waals surface area contributed by atoms with Crippen LogP contribution in [0.25, 0.3) is 0 Å². The van der Waals surface area contributed by atoms with Crippen molar-refractivity contribution in [3.63, 3.8) is 0 Å². The zero-order valence-corrected chi connectivity index (χ0v) is 14.7. The number of hydrogen-bond donors (Lipinski definition) is 1. The number of nitrogens with one attached hydrogen (secondary N) is 1. The Kier molecular flexibility index (Phi) is 8.17. The molecule has 0 fully saturated rings. The van der Waals surface area contributed by atoms with Crippen molar-refractivity contribution in [3.05, 3.63) is 69.7 Å². The lowest BCUT2D eigenvalue weighted by molar-refractivity contribution is 0.0526. The SMILES string of the molecule is CCOC(=O)c1ccc(CNCc2ccc(Br)cc2)cc1.Cl. The summed E-state index contributed by atoms with van der Waals surface area (Å²) in [6.45, 7) is 3.78. The van der Waals surface area contributed by atoms with Gasteiger partial charge in [0.1, 0.15) is 0 Å². The molecule has 118 valence electrons. The molecule has 22 heavy (non-hydrogen) atoms. The number of hydrogen-bond acceptors (Lipinski definition) is 3. The van der Waals surface area contributed by atoms with Crippen molar-refractivity contribution in [2.24, 2.45) is 0 Å². The molecule has 0 amide bonds. The average Bonchev–Trinajstić information content (AvgIpc) is 2.50. The fourth-order valence-electron chi connectivity index (χ4n) is 1.93. The summed E-state index contributed by atoms with van der Waals surface area (Å²) in [7, 11) is 0. The Labute approximate surface area is 145 Å². The minimum Gasteiger partial charge on any atom is -0.462 e. The number of esters is 1. The van der Waals surface area contributed by atoms with Crippen LogP contribution in [0.1, 0.15) is 28.4 Å². The lowest BCUT2D eigenvalue weighted by atomic mass is 10.1. The van der Waals surface area contributed by atoms with E-state index in [1.165, 1.54) is 5.56 Å². The third-order valence-electron chi connectivity index (χ3n) is 3.04. The lowest BCUT2D eigenvalue weighted by Crippen LogP contribution is -2.12. The van der Waals surface area contributed by atoms with Gasteiger partial charge in [0.15, 0.2) is 0 Å². The fourth-order valence-corrected chi connectivity index (χ4v) is 2.19. The molecule has 0 radical (unpaired) electrons. The van der Waals surface area contributed by atoms with Crippen LogP contribution in [0, 0.1) is 0 Å². The first kappa shape index (κ1) is 18.7. The van der Waals surface area contributed by atoms with Gasteiger partial charge in [-0.1, -0.05) is 40.2 Å². The van der Waals surface area contributed by atoms with E-state index in [9.17, 15) is 4.79 Å². The minimum atomic E-state index is -0.271. The van der Waals surface area contributed by atoms with Crippen LogP contribution >= 0.6 is 28.3 Å². The maximum absolute atomic E-state index is 11.5. The van der Waals surface area contributed by atoms with Crippen LogP contribution in [0.3, 0.4) is 0 Å². The molecule has 5 heteroatoms. The van der Waals surface area contributed by atoms with Crippen molar-refractivity contribution in [3.8, 4) is 0 Å². The lowest BCUT2D eigenvalue weighted by Gasteiger charge is -2.06. The molecule has 2 aromatic rings. The number of rotatable bonds is 6. The van der Waals surface area contributed by atoms with Gasteiger partial charge in [0.25, 0.3) is 0 Å². The monoisotopic (exact) mass is 383 g/mol. The van der Waals surface area contributed by atoms with Crippen LogP contribution in [0.4, 0.5) is 0 Å². The standard InChI is InChI=1S/C17H18BrNO2.ClH/c1-2-21-17(20)15-7-3-13(4-8-15)11-19-12-14-5-9-16(18)10-6-14;/h3-10,19H,2,11-12H2,1H3;1H. The molecule has 3 nitrogen and oxygen atoms in total. The molecule has 2 aromatic carbocycles. The molecule has 2 rings (SSSR count). The number of carbonyl (C=O) groups excluding carboxylic acids is 1. The molecule has 0 saturated carbocycles. The normalized spacial score (nSPS) is 9.91. The van der Waals surface area contributed by atoms with Crippen LogP contribution < -0.4 is 5.32 Å². The molecular formula is C17H19BrClNO2. The fraction of sp³-hybridized carbons (Fsp3) is 0.235. The van der Waals surface area contributed by atoms with Crippen molar-refractivity contribution in [2.75, 3.05) is 6.61 Å². The number of ether oxygens (including phenoxy) is 1. The largest absolute Gasteiger partial charge is 0.462 e. The van der Waals surface area contributed by atoms with E-state index in [0.717, 1.165) is 23.1 Å².